The molecule has 6 unspecified atom stereocenters. The number of nitrogens with zero attached hydrogens (tertiary/aromatic N) is 2. The van der Waals surface area contributed by atoms with Crippen molar-refractivity contribution in [1.82, 2.24) is 9.80 Å². The fourth-order valence-corrected chi connectivity index (χ4v) is 6.93. The van der Waals surface area contributed by atoms with E-state index in [1.54, 1.807) is 0 Å². The number of amides is 2. The van der Waals surface area contributed by atoms with Crippen molar-refractivity contribution in [3.8, 4) is 0 Å². The third-order valence-electron chi connectivity index (χ3n) is 7.62. The predicted octanol–water partition coefficient (Wildman–Crippen LogP) is 0.779. The highest BCUT2D eigenvalue weighted by Gasteiger charge is 2.83. The highest BCUT2D eigenvalue weighted by atomic mass is 16.6. The Labute approximate surface area is 168 Å². The number of likely N-dealkylation sites (tertiary alicyclic amines) is 1. The zero-order valence-corrected chi connectivity index (χ0v) is 17.0. The van der Waals surface area contributed by atoms with E-state index in [-0.39, 0.29) is 36.8 Å². The summed E-state index contributed by atoms with van der Waals surface area (Å²) in [6.07, 6.45) is 0.631. The van der Waals surface area contributed by atoms with Crippen molar-refractivity contribution in [2.45, 2.75) is 42.8 Å². The second-order valence-electron chi connectivity index (χ2n) is 8.22. The molecule has 29 heavy (non-hydrogen) atoms. The zero-order valence-electron chi connectivity index (χ0n) is 17.0. The first-order valence-corrected chi connectivity index (χ1v) is 9.74. The van der Waals surface area contributed by atoms with Crippen LogP contribution < -0.4 is 0 Å². The third kappa shape index (κ3) is 2.06. The molecule has 3 saturated heterocycles. The number of esters is 2. The van der Waals surface area contributed by atoms with Crippen molar-refractivity contribution in [3.05, 3.63) is 0 Å². The maximum Gasteiger partial charge on any atom is 0.410 e. The molecule has 10 nitrogen and oxygen atoms in total. The first kappa shape index (κ1) is 19.8. The monoisotopic (exact) mass is 410 g/mol. The minimum absolute atomic E-state index is 0.135. The van der Waals surface area contributed by atoms with Crippen LogP contribution in [0.15, 0.2) is 0 Å². The number of carbonyl (C=O) groups is 4. The van der Waals surface area contributed by atoms with Gasteiger partial charge in [-0.15, -0.1) is 0 Å². The average Bonchev–Trinajstić information content (AvgIpc) is 2.74. The normalized spacial score (nSPS) is 39.0. The van der Waals surface area contributed by atoms with Gasteiger partial charge >= 0.3 is 24.1 Å². The number of hydrogen-bond acceptors (Lipinski definition) is 8. The Hall–Kier alpha value is -2.52. The minimum Gasteiger partial charge on any atom is -0.467 e. The average molecular weight is 410 g/mol. The van der Waals surface area contributed by atoms with Gasteiger partial charge in [-0.05, 0) is 37.5 Å². The van der Waals surface area contributed by atoms with E-state index in [1.807, 2.05) is 0 Å². The van der Waals surface area contributed by atoms with Crippen molar-refractivity contribution < 1.29 is 38.1 Å². The summed E-state index contributed by atoms with van der Waals surface area (Å²) in [7, 11) is 4.88. The van der Waals surface area contributed by atoms with Crippen LogP contribution in [0.2, 0.25) is 0 Å². The first-order valence-electron chi connectivity index (χ1n) is 9.74. The fraction of sp³-hybridized carbons (Fsp3) is 0.789. The molecule has 6 bridgehead atoms. The molecule has 10 heteroatoms. The summed E-state index contributed by atoms with van der Waals surface area (Å²) in [4.78, 5) is 55.2. The van der Waals surface area contributed by atoms with Crippen LogP contribution in [0.1, 0.15) is 25.7 Å². The molecule has 2 amide bonds. The molecule has 5 aliphatic rings. The van der Waals surface area contributed by atoms with Gasteiger partial charge in [-0.1, -0.05) is 0 Å². The summed E-state index contributed by atoms with van der Waals surface area (Å²) in [5.74, 6) is -1.56. The Morgan fingerprint density at radius 2 is 1.52 bits per heavy atom. The molecule has 6 atom stereocenters. The second kappa shape index (κ2) is 6.50. The second-order valence-corrected chi connectivity index (χ2v) is 8.22. The van der Waals surface area contributed by atoms with Gasteiger partial charge in [-0.3, -0.25) is 9.80 Å². The molecule has 3 aliphatic heterocycles. The van der Waals surface area contributed by atoms with Crippen molar-refractivity contribution in [3.63, 3.8) is 0 Å². The van der Waals surface area contributed by atoms with Crippen molar-refractivity contribution in [1.29, 1.82) is 0 Å². The molecular weight excluding hydrogens is 384 g/mol. The summed E-state index contributed by atoms with van der Waals surface area (Å²) in [5, 5.41) is 0. The summed E-state index contributed by atoms with van der Waals surface area (Å²) < 4.78 is 20.3. The molecule has 0 aromatic carbocycles. The topological polar surface area (TPSA) is 112 Å². The molecular formula is C19H26N2O8. The zero-order chi connectivity index (χ0) is 21.1. The Kier molecular flexibility index (Phi) is 4.43. The Bertz CT molecular complexity index is 771. The van der Waals surface area contributed by atoms with E-state index in [4.69, 9.17) is 18.9 Å². The molecule has 2 aliphatic carbocycles. The van der Waals surface area contributed by atoms with Gasteiger partial charge in [0, 0.05) is 18.5 Å². The maximum absolute atomic E-state index is 13.5. The number of hydrogen-bond donors (Lipinski definition) is 0. The van der Waals surface area contributed by atoms with Crippen molar-refractivity contribution >= 4 is 24.1 Å². The molecule has 0 spiro atoms. The minimum atomic E-state index is -1.73. The lowest BCUT2D eigenvalue weighted by molar-refractivity contribution is -0.254. The van der Waals surface area contributed by atoms with Crippen LogP contribution in [0.3, 0.4) is 0 Å². The molecule has 2 saturated carbocycles. The molecule has 160 valence electrons. The van der Waals surface area contributed by atoms with Crippen LogP contribution in [-0.4, -0.2) is 86.0 Å². The van der Waals surface area contributed by atoms with Crippen LogP contribution in [0.5, 0.6) is 0 Å². The van der Waals surface area contributed by atoms with E-state index in [2.05, 4.69) is 0 Å². The Balaban J connectivity index is 2.04. The van der Waals surface area contributed by atoms with Gasteiger partial charge in [0.1, 0.15) is 0 Å². The molecule has 0 radical (unpaired) electrons. The lowest BCUT2D eigenvalue weighted by Gasteiger charge is -2.73. The van der Waals surface area contributed by atoms with Gasteiger partial charge in [0.25, 0.3) is 0 Å². The summed E-state index contributed by atoms with van der Waals surface area (Å²) in [5.41, 5.74) is -3.46. The molecule has 0 N–H and O–H groups in total. The largest absolute Gasteiger partial charge is 0.467 e. The molecule has 3 heterocycles. The van der Waals surface area contributed by atoms with Crippen molar-refractivity contribution in [2.75, 3.05) is 35.0 Å². The third-order valence-corrected chi connectivity index (χ3v) is 7.62. The maximum atomic E-state index is 13.5. The van der Waals surface area contributed by atoms with Gasteiger partial charge in [0.2, 0.25) is 0 Å². The van der Waals surface area contributed by atoms with Crippen LogP contribution in [-0.2, 0) is 28.5 Å². The summed E-state index contributed by atoms with van der Waals surface area (Å²) in [6, 6.07) is -0.281. The fourth-order valence-electron chi connectivity index (χ4n) is 6.93. The van der Waals surface area contributed by atoms with Gasteiger partial charge in [-0.25, -0.2) is 19.2 Å². The highest BCUT2D eigenvalue weighted by Crippen LogP contribution is 2.66. The lowest BCUT2D eigenvalue weighted by atomic mass is 9.42. The summed E-state index contributed by atoms with van der Waals surface area (Å²) >= 11 is 0. The van der Waals surface area contributed by atoms with E-state index in [0.29, 0.717) is 12.8 Å². The van der Waals surface area contributed by atoms with E-state index in [9.17, 15) is 19.2 Å². The molecule has 0 aromatic heterocycles. The Morgan fingerprint density at radius 1 is 0.862 bits per heavy atom. The van der Waals surface area contributed by atoms with E-state index < -0.39 is 35.2 Å². The number of methoxy groups -OCH3 is 4. The van der Waals surface area contributed by atoms with E-state index in [0.717, 1.165) is 6.42 Å². The standard InChI is InChI=1S/C19H26N2O8/c1-26-14(22)18-9-10-7-11(21(18)17(25)29-4)8-13-12(10)5-6-20(16(24)28-3)19(13,18)15(23)27-2/h10-13H,5-9H2,1-4H3. The number of carbonyl (C=O) groups excluding carboxylic acids is 4. The van der Waals surface area contributed by atoms with Crippen LogP contribution in [0.4, 0.5) is 9.59 Å². The van der Waals surface area contributed by atoms with Crippen LogP contribution >= 0.6 is 0 Å². The number of piperidine rings is 3. The lowest BCUT2D eigenvalue weighted by Crippen LogP contribution is -2.91. The quantitative estimate of drug-likeness (QED) is 0.485. The smallest absolute Gasteiger partial charge is 0.410 e. The van der Waals surface area contributed by atoms with E-state index >= 15 is 0 Å². The first-order chi connectivity index (χ1) is 13.8. The number of ether oxygens (including phenoxy) is 4. The summed E-state index contributed by atoms with van der Waals surface area (Å²) in [6.45, 7) is 0.220. The SMILES string of the molecule is COC(=O)N1C2CC3CC1(C(=O)OC)C1(C(=O)OC)C(C2)C3CCN1C(=O)OC. The molecule has 5 fully saturated rings. The van der Waals surface area contributed by atoms with Crippen LogP contribution in [0.25, 0.3) is 0 Å². The van der Waals surface area contributed by atoms with Crippen molar-refractivity contribution in [2.24, 2.45) is 17.8 Å². The van der Waals surface area contributed by atoms with Gasteiger partial charge in [0.15, 0.2) is 11.1 Å². The molecule has 0 aromatic rings. The van der Waals surface area contributed by atoms with E-state index in [1.165, 1.54) is 38.2 Å². The van der Waals surface area contributed by atoms with Gasteiger partial charge in [-0.2, -0.15) is 0 Å². The van der Waals surface area contributed by atoms with Crippen LogP contribution in [0, 0.1) is 17.8 Å². The predicted molar refractivity (Wildman–Crippen MR) is 95.6 cm³/mol. The van der Waals surface area contributed by atoms with Gasteiger partial charge in [0.05, 0.1) is 28.4 Å². The highest BCUT2D eigenvalue weighted by molar-refractivity contribution is 6.01. The molecule has 5 rings (SSSR count). The Morgan fingerprint density at radius 3 is 2.10 bits per heavy atom. The number of rotatable bonds is 2. The van der Waals surface area contributed by atoms with Gasteiger partial charge < -0.3 is 18.9 Å².